The molecule has 120 valence electrons. The Morgan fingerprint density at radius 2 is 2.04 bits per heavy atom. The number of hydrogen-bond acceptors (Lipinski definition) is 2. The van der Waals surface area contributed by atoms with Crippen LogP contribution in [-0.4, -0.2) is 32.8 Å². The number of nitrogens with zero attached hydrogens (tertiary/aromatic N) is 3. The summed E-state index contributed by atoms with van der Waals surface area (Å²) < 4.78 is 2.32. The minimum absolute atomic E-state index is 0.644. The average Bonchev–Trinajstić information content (AvgIpc) is 3.25. The lowest BCUT2D eigenvalue weighted by molar-refractivity contribution is 0.204. The molecule has 0 atom stereocenters. The highest BCUT2D eigenvalue weighted by Gasteiger charge is 2.21. The Kier molecular flexibility index (Phi) is 3.92. The molecule has 0 bridgehead atoms. The second kappa shape index (κ2) is 6.20. The topological polar surface area (TPSA) is 36.9 Å². The standard InChI is InChI=1S/C19H24N4/c1-2-23-13-9-17-16(4-3-5-19(17)23)14-22-11-7-15(8-12-22)18-6-10-20-21-18/h3-6,9-10,13,15H,2,7-8,11-12,14H2,1H3,(H,20,21). The summed E-state index contributed by atoms with van der Waals surface area (Å²) in [4.78, 5) is 2.59. The summed E-state index contributed by atoms with van der Waals surface area (Å²) in [6.07, 6.45) is 6.50. The van der Waals surface area contributed by atoms with Gasteiger partial charge in [0.05, 0.1) is 0 Å². The molecule has 1 aliphatic rings. The number of hydrogen-bond donors (Lipinski definition) is 1. The number of rotatable bonds is 4. The van der Waals surface area contributed by atoms with Crippen molar-refractivity contribution in [1.29, 1.82) is 0 Å². The van der Waals surface area contributed by atoms with Crippen LogP contribution in [0.4, 0.5) is 0 Å². The Bertz CT molecular complexity index is 764. The highest BCUT2D eigenvalue weighted by atomic mass is 15.1. The van der Waals surface area contributed by atoms with E-state index in [1.807, 2.05) is 6.20 Å². The number of aryl methyl sites for hydroxylation is 1. The van der Waals surface area contributed by atoms with Gasteiger partial charge in [-0.2, -0.15) is 5.10 Å². The van der Waals surface area contributed by atoms with Crippen molar-refractivity contribution in [2.45, 2.75) is 38.8 Å². The Hall–Kier alpha value is -2.07. The van der Waals surface area contributed by atoms with Crippen LogP contribution in [0.15, 0.2) is 42.7 Å². The fourth-order valence-corrected chi connectivity index (χ4v) is 3.84. The van der Waals surface area contributed by atoms with Gasteiger partial charge in [0.2, 0.25) is 0 Å². The first-order valence-electron chi connectivity index (χ1n) is 8.63. The van der Waals surface area contributed by atoms with E-state index in [1.165, 1.54) is 35.0 Å². The molecule has 0 saturated carbocycles. The Labute approximate surface area is 137 Å². The molecule has 23 heavy (non-hydrogen) atoms. The van der Waals surface area contributed by atoms with Gasteiger partial charge < -0.3 is 4.57 Å². The highest BCUT2D eigenvalue weighted by Crippen LogP contribution is 2.28. The van der Waals surface area contributed by atoms with Crippen LogP contribution in [0.3, 0.4) is 0 Å². The van der Waals surface area contributed by atoms with Gasteiger partial charge in [-0.15, -0.1) is 0 Å². The monoisotopic (exact) mass is 308 g/mol. The Morgan fingerprint density at radius 3 is 2.78 bits per heavy atom. The normalized spacial score (nSPS) is 17.1. The van der Waals surface area contributed by atoms with Gasteiger partial charge in [0.1, 0.15) is 0 Å². The minimum atomic E-state index is 0.644. The summed E-state index contributed by atoms with van der Waals surface area (Å²) in [6, 6.07) is 11.1. The lowest BCUT2D eigenvalue weighted by Gasteiger charge is -2.31. The average molecular weight is 308 g/mol. The molecule has 3 heterocycles. The molecule has 0 spiro atoms. The molecule has 1 N–H and O–H groups in total. The summed E-state index contributed by atoms with van der Waals surface area (Å²) in [7, 11) is 0. The van der Waals surface area contributed by atoms with Gasteiger partial charge in [0.25, 0.3) is 0 Å². The van der Waals surface area contributed by atoms with E-state index >= 15 is 0 Å². The molecule has 0 radical (unpaired) electrons. The van der Waals surface area contributed by atoms with Crippen molar-refractivity contribution in [2.24, 2.45) is 0 Å². The number of piperidine rings is 1. The summed E-state index contributed by atoms with van der Waals surface area (Å²) >= 11 is 0. The van der Waals surface area contributed by atoms with Crippen molar-refractivity contribution in [2.75, 3.05) is 13.1 Å². The number of aromatic amines is 1. The van der Waals surface area contributed by atoms with Gasteiger partial charge in [-0.05, 0) is 56.6 Å². The summed E-state index contributed by atoms with van der Waals surface area (Å²) in [5, 5.41) is 8.63. The molecule has 2 aromatic heterocycles. The zero-order chi connectivity index (χ0) is 15.6. The first-order chi connectivity index (χ1) is 11.3. The molecule has 0 amide bonds. The maximum atomic E-state index is 4.09. The third-order valence-electron chi connectivity index (χ3n) is 5.19. The third kappa shape index (κ3) is 2.79. The molecule has 0 unspecified atom stereocenters. The van der Waals surface area contributed by atoms with E-state index in [0.29, 0.717) is 5.92 Å². The van der Waals surface area contributed by atoms with E-state index in [2.05, 4.69) is 63.1 Å². The lowest BCUT2D eigenvalue weighted by Crippen LogP contribution is -2.32. The van der Waals surface area contributed by atoms with Crippen molar-refractivity contribution in [1.82, 2.24) is 19.7 Å². The molecule has 0 aliphatic carbocycles. The van der Waals surface area contributed by atoms with E-state index in [1.54, 1.807) is 0 Å². The minimum Gasteiger partial charge on any atom is -0.348 e. The molecule has 4 rings (SSSR count). The second-order valence-corrected chi connectivity index (χ2v) is 6.51. The summed E-state index contributed by atoms with van der Waals surface area (Å²) in [5.74, 6) is 0.644. The summed E-state index contributed by atoms with van der Waals surface area (Å²) in [5.41, 5.74) is 4.11. The number of likely N-dealkylation sites (tertiary alicyclic amines) is 1. The number of nitrogens with one attached hydrogen (secondary N) is 1. The molecule has 1 saturated heterocycles. The van der Waals surface area contributed by atoms with Crippen LogP contribution < -0.4 is 0 Å². The van der Waals surface area contributed by atoms with Crippen LogP contribution in [-0.2, 0) is 13.1 Å². The van der Waals surface area contributed by atoms with E-state index in [4.69, 9.17) is 0 Å². The molecule has 1 fully saturated rings. The highest BCUT2D eigenvalue weighted by molar-refractivity contribution is 5.83. The van der Waals surface area contributed by atoms with Crippen molar-refractivity contribution in [3.05, 3.63) is 54.0 Å². The van der Waals surface area contributed by atoms with Crippen LogP contribution in [0.1, 0.15) is 36.9 Å². The van der Waals surface area contributed by atoms with E-state index < -0.39 is 0 Å². The molecule has 1 aromatic carbocycles. The zero-order valence-electron chi connectivity index (χ0n) is 13.7. The molecule has 4 heteroatoms. The SMILES string of the molecule is CCn1ccc2c(CN3CCC(c4ccn[nH]4)CC3)cccc21. The number of fused-ring (bicyclic) bond motifs is 1. The lowest BCUT2D eigenvalue weighted by atomic mass is 9.93. The number of benzene rings is 1. The van der Waals surface area contributed by atoms with E-state index in [9.17, 15) is 0 Å². The van der Waals surface area contributed by atoms with Gasteiger partial charge in [-0.25, -0.2) is 0 Å². The molecule has 1 aliphatic heterocycles. The van der Waals surface area contributed by atoms with Crippen LogP contribution in [0.5, 0.6) is 0 Å². The van der Waals surface area contributed by atoms with Crippen molar-refractivity contribution in [3.63, 3.8) is 0 Å². The van der Waals surface area contributed by atoms with Crippen LogP contribution in [0.25, 0.3) is 10.9 Å². The van der Waals surface area contributed by atoms with Gasteiger partial charge in [0, 0.05) is 48.0 Å². The fourth-order valence-electron chi connectivity index (χ4n) is 3.84. The molecule has 4 nitrogen and oxygen atoms in total. The van der Waals surface area contributed by atoms with Gasteiger partial charge in [-0.1, -0.05) is 12.1 Å². The first kappa shape index (κ1) is 14.5. The van der Waals surface area contributed by atoms with Gasteiger partial charge >= 0.3 is 0 Å². The van der Waals surface area contributed by atoms with Crippen LogP contribution >= 0.6 is 0 Å². The predicted octanol–water partition coefficient (Wildman–Crippen LogP) is 3.76. The van der Waals surface area contributed by atoms with E-state index in [0.717, 1.165) is 26.2 Å². The van der Waals surface area contributed by atoms with Crippen LogP contribution in [0.2, 0.25) is 0 Å². The van der Waals surface area contributed by atoms with Gasteiger partial charge in [-0.3, -0.25) is 10.00 Å². The smallest absolute Gasteiger partial charge is 0.0490 e. The maximum Gasteiger partial charge on any atom is 0.0490 e. The van der Waals surface area contributed by atoms with Crippen molar-refractivity contribution >= 4 is 10.9 Å². The molecular formula is C19H24N4. The van der Waals surface area contributed by atoms with Crippen molar-refractivity contribution in [3.8, 4) is 0 Å². The quantitative estimate of drug-likeness (QED) is 0.796. The largest absolute Gasteiger partial charge is 0.348 e. The number of H-pyrrole nitrogens is 1. The molecular weight excluding hydrogens is 284 g/mol. The molecule has 3 aromatic rings. The second-order valence-electron chi connectivity index (χ2n) is 6.51. The van der Waals surface area contributed by atoms with Crippen molar-refractivity contribution < 1.29 is 0 Å². The van der Waals surface area contributed by atoms with E-state index in [-0.39, 0.29) is 0 Å². The zero-order valence-corrected chi connectivity index (χ0v) is 13.7. The predicted molar refractivity (Wildman–Crippen MR) is 93.5 cm³/mol. The van der Waals surface area contributed by atoms with Gasteiger partial charge in [0.15, 0.2) is 0 Å². The Morgan fingerprint density at radius 1 is 1.17 bits per heavy atom. The fraction of sp³-hybridized carbons (Fsp3) is 0.421. The third-order valence-corrected chi connectivity index (χ3v) is 5.19. The van der Waals surface area contributed by atoms with Crippen LogP contribution in [0, 0.1) is 0 Å². The number of aromatic nitrogens is 3. The summed E-state index contributed by atoms with van der Waals surface area (Å²) in [6.45, 7) is 6.61. The maximum absolute atomic E-state index is 4.09. The Balaban J connectivity index is 1.46. The first-order valence-corrected chi connectivity index (χ1v) is 8.63.